The average molecular weight is 385 g/mol. The molecule has 3 nitrogen and oxygen atoms in total. The lowest BCUT2D eigenvalue weighted by molar-refractivity contribution is 0.903. The minimum absolute atomic E-state index is 0.511. The lowest BCUT2D eigenvalue weighted by Crippen LogP contribution is -2.03. The second kappa shape index (κ2) is 5.95. The van der Waals surface area contributed by atoms with E-state index in [1.54, 1.807) is 0 Å². The van der Waals surface area contributed by atoms with Crippen LogP contribution < -0.4 is 0 Å². The predicted octanol–water partition coefficient (Wildman–Crippen LogP) is 4.93. The lowest BCUT2D eigenvalue weighted by atomic mass is 10.3. The third-order valence-electron chi connectivity index (χ3n) is 3.19. The van der Waals surface area contributed by atoms with Crippen LogP contribution in [0, 0.1) is 6.92 Å². The zero-order chi connectivity index (χ0) is 15.0. The third kappa shape index (κ3) is 2.80. The molecular formula is C15H12BrCl2N3. The van der Waals surface area contributed by atoms with E-state index in [0.717, 1.165) is 32.8 Å². The van der Waals surface area contributed by atoms with Crippen molar-refractivity contribution in [3.05, 3.63) is 51.3 Å². The summed E-state index contributed by atoms with van der Waals surface area (Å²) in [6.45, 7) is 1.97. The Kier molecular flexibility index (Phi) is 4.20. The van der Waals surface area contributed by atoms with Gasteiger partial charge in [-0.25, -0.2) is 9.97 Å². The zero-order valence-corrected chi connectivity index (χ0v) is 14.4. The summed E-state index contributed by atoms with van der Waals surface area (Å²) in [5.41, 5.74) is 3.62. The Hall–Kier alpha value is -1.10. The van der Waals surface area contributed by atoms with E-state index in [-0.39, 0.29) is 0 Å². The second-order valence-corrected chi connectivity index (χ2v) is 6.34. The number of rotatable bonds is 3. The highest BCUT2D eigenvalue weighted by Gasteiger charge is 2.14. The number of alkyl halides is 1. The van der Waals surface area contributed by atoms with Crippen molar-refractivity contribution in [3.63, 3.8) is 0 Å². The van der Waals surface area contributed by atoms with Gasteiger partial charge in [0, 0.05) is 22.5 Å². The Bertz CT molecular complexity index is 814. The van der Waals surface area contributed by atoms with Crippen LogP contribution in [0.1, 0.15) is 11.5 Å². The van der Waals surface area contributed by atoms with Crippen molar-refractivity contribution >= 4 is 50.3 Å². The van der Waals surface area contributed by atoms with Crippen molar-refractivity contribution < 1.29 is 0 Å². The van der Waals surface area contributed by atoms with Crippen LogP contribution >= 0.6 is 39.1 Å². The molecule has 0 spiro atoms. The topological polar surface area (TPSA) is 30.7 Å². The molecule has 3 rings (SSSR count). The number of aryl methyl sites for hydroxylation is 2. The Morgan fingerprint density at radius 3 is 2.71 bits per heavy atom. The number of benzene rings is 1. The van der Waals surface area contributed by atoms with E-state index in [1.165, 1.54) is 0 Å². The Labute approximate surface area is 141 Å². The summed E-state index contributed by atoms with van der Waals surface area (Å²) in [5, 5.41) is 0.672. The van der Waals surface area contributed by atoms with Gasteiger partial charge in [-0.3, -0.25) is 4.57 Å². The predicted molar refractivity (Wildman–Crippen MR) is 90.7 cm³/mol. The minimum Gasteiger partial charge on any atom is -0.281 e. The molecule has 0 aliphatic rings. The molecular weight excluding hydrogens is 373 g/mol. The van der Waals surface area contributed by atoms with E-state index in [0.29, 0.717) is 17.3 Å². The quantitative estimate of drug-likeness (QED) is 0.599. The van der Waals surface area contributed by atoms with Crippen molar-refractivity contribution in [2.75, 3.05) is 5.88 Å². The van der Waals surface area contributed by atoms with Crippen LogP contribution in [-0.2, 0) is 6.42 Å². The fourth-order valence-electron chi connectivity index (χ4n) is 2.25. The number of imidazole rings is 1. The summed E-state index contributed by atoms with van der Waals surface area (Å²) in [7, 11) is 0. The van der Waals surface area contributed by atoms with E-state index in [2.05, 4.69) is 25.9 Å². The van der Waals surface area contributed by atoms with Crippen molar-refractivity contribution in [1.29, 1.82) is 0 Å². The molecule has 0 amide bonds. The van der Waals surface area contributed by atoms with Gasteiger partial charge in [0.1, 0.15) is 11.3 Å². The molecule has 2 aromatic heterocycles. The highest BCUT2D eigenvalue weighted by Crippen LogP contribution is 2.28. The van der Waals surface area contributed by atoms with Gasteiger partial charge in [-0.15, -0.1) is 11.6 Å². The standard InChI is InChI=1S/C15H12BrCl2N3/c1-9-2-5-13-15(19-9)21(14(20-13)6-7-17)10-3-4-12(18)11(16)8-10/h2-5,8H,6-7H2,1H3. The largest absolute Gasteiger partial charge is 0.281 e. The van der Waals surface area contributed by atoms with Crippen LogP contribution in [0.4, 0.5) is 0 Å². The molecule has 0 radical (unpaired) electrons. The van der Waals surface area contributed by atoms with Crippen LogP contribution in [0.3, 0.4) is 0 Å². The van der Waals surface area contributed by atoms with Crippen molar-refractivity contribution in [2.45, 2.75) is 13.3 Å². The lowest BCUT2D eigenvalue weighted by Gasteiger charge is -2.09. The first-order valence-corrected chi connectivity index (χ1v) is 8.17. The average Bonchev–Trinajstić information content (AvgIpc) is 2.80. The fraction of sp³-hybridized carbons (Fsp3) is 0.200. The molecule has 0 bridgehead atoms. The molecule has 0 atom stereocenters. The number of fused-ring (bicyclic) bond motifs is 1. The van der Waals surface area contributed by atoms with Crippen molar-refractivity contribution in [3.8, 4) is 5.69 Å². The first-order valence-electron chi connectivity index (χ1n) is 6.46. The molecule has 0 saturated carbocycles. The van der Waals surface area contributed by atoms with Gasteiger partial charge in [-0.2, -0.15) is 0 Å². The molecule has 0 N–H and O–H groups in total. The smallest absolute Gasteiger partial charge is 0.164 e. The maximum Gasteiger partial charge on any atom is 0.164 e. The van der Waals surface area contributed by atoms with Gasteiger partial charge < -0.3 is 0 Å². The van der Waals surface area contributed by atoms with E-state index >= 15 is 0 Å². The summed E-state index contributed by atoms with van der Waals surface area (Å²) < 4.78 is 2.87. The Morgan fingerprint density at radius 1 is 1.19 bits per heavy atom. The molecule has 21 heavy (non-hydrogen) atoms. The molecule has 0 aliphatic heterocycles. The van der Waals surface area contributed by atoms with Crippen LogP contribution in [-0.4, -0.2) is 20.4 Å². The highest BCUT2D eigenvalue weighted by atomic mass is 79.9. The maximum absolute atomic E-state index is 6.08. The maximum atomic E-state index is 6.08. The number of pyridine rings is 1. The Morgan fingerprint density at radius 2 is 2.00 bits per heavy atom. The van der Waals surface area contributed by atoms with E-state index in [1.807, 2.05) is 41.8 Å². The first-order chi connectivity index (χ1) is 10.1. The number of aromatic nitrogens is 3. The van der Waals surface area contributed by atoms with E-state index in [4.69, 9.17) is 23.2 Å². The zero-order valence-electron chi connectivity index (χ0n) is 11.3. The van der Waals surface area contributed by atoms with Gasteiger partial charge in [0.05, 0.1) is 10.7 Å². The van der Waals surface area contributed by atoms with Crippen LogP contribution in [0.15, 0.2) is 34.8 Å². The Balaban J connectivity index is 2.29. The second-order valence-electron chi connectivity index (χ2n) is 4.70. The molecule has 108 valence electrons. The third-order valence-corrected chi connectivity index (χ3v) is 4.60. The molecule has 0 aliphatic carbocycles. The summed E-state index contributed by atoms with van der Waals surface area (Å²) >= 11 is 15.4. The highest BCUT2D eigenvalue weighted by molar-refractivity contribution is 9.10. The van der Waals surface area contributed by atoms with Crippen molar-refractivity contribution in [1.82, 2.24) is 14.5 Å². The van der Waals surface area contributed by atoms with Crippen molar-refractivity contribution in [2.24, 2.45) is 0 Å². The summed E-state index contributed by atoms with van der Waals surface area (Å²) in [6, 6.07) is 9.72. The van der Waals surface area contributed by atoms with Gasteiger partial charge in [0.15, 0.2) is 5.65 Å². The molecule has 6 heteroatoms. The monoisotopic (exact) mass is 383 g/mol. The van der Waals surface area contributed by atoms with Crippen LogP contribution in [0.25, 0.3) is 16.9 Å². The van der Waals surface area contributed by atoms with Crippen LogP contribution in [0.5, 0.6) is 0 Å². The number of nitrogens with zero attached hydrogens (tertiary/aromatic N) is 3. The molecule has 0 unspecified atom stereocenters. The van der Waals surface area contributed by atoms with E-state index in [9.17, 15) is 0 Å². The van der Waals surface area contributed by atoms with Gasteiger partial charge in [-0.1, -0.05) is 11.6 Å². The normalized spacial score (nSPS) is 11.2. The SMILES string of the molecule is Cc1ccc2nc(CCCl)n(-c3ccc(Cl)c(Br)c3)c2n1. The first kappa shape index (κ1) is 14.8. The van der Waals surface area contributed by atoms with Gasteiger partial charge in [0.25, 0.3) is 0 Å². The number of hydrogen-bond donors (Lipinski definition) is 0. The fourth-order valence-corrected chi connectivity index (χ4v) is 2.90. The van der Waals surface area contributed by atoms with Gasteiger partial charge >= 0.3 is 0 Å². The molecule has 3 aromatic rings. The minimum atomic E-state index is 0.511. The molecule has 1 aromatic carbocycles. The molecule has 2 heterocycles. The van der Waals surface area contributed by atoms with Crippen LogP contribution in [0.2, 0.25) is 5.02 Å². The van der Waals surface area contributed by atoms with Gasteiger partial charge in [-0.05, 0) is 53.2 Å². The summed E-state index contributed by atoms with van der Waals surface area (Å²) in [5.74, 6) is 1.41. The summed E-state index contributed by atoms with van der Waals surface area (Å²) in [6.07, 6.45) is 0.678. The molecule has 0 saturated heterocycles. The van der Waals surface area contributed by atoms with Gasteiger partial charge in [0.2, 0.25) is 0 Å². The van der Waals surface area contributed by atoms with E-state index < -0.39 is 0 Å². The number of hydrogen-bond acceptors (Lipinski definition) is 2. The summed E-state index contributed by atoms with van der Waals surface area (Å²) in [4.78, 5) is 9.26. The molecule has 0 fully saturated rings. The number of halogens is 3.